The van der Waals surface area contributed by atoms with Crippen LogP contribution >= 0.6 is 0 Å². The van der Waals surface area contributed by atoms with Gasteiger partial charge in [-0.15, -0.1) is 0 Å². The molecule has 1 aromatic heterocycles. The van der Waals surface area contributed by atoms with Gasteiger partial charge in [0.2, 0.25) is 5.91 Å². The Morgan fingerprint density at radius 2 is 2.22 bits per heavy atom. The van der Waals surface area contributed by atoms with Gasteiger partial charge in [-0.2, -0.15) is 5.10 Å². The fourth-order valence-electron chi connectivity index (χ4n) is 2.30. The third-order valence-corrected chi connectivity index (χ3v) is 3.32. The van der Waals surface area contributed by atoms with Crippen LogP contribution in [0.15, 0.2) is 6.07 Å². The maximum Gasteiger partial charge on any atom is 0.244 e. The molecule has 0 aliphatic carbocycles. The smallest absolute Gasteiger partial charge is 0.244 e. The molecule has 0 aromatic carbocycles. The molecule has 100 valence electrons. The molecule has 0 unspecified atom stereocenters. The number of morpholine rings is 1. The van der Waals surface area contributed by atoms with E-state index in [1.54, 1.807) is 4.68 Å². The molecule has 2 rings (SSSR count). The van der Waals surface area contributed by atoms with E-state index in [2.05, 4.69) is 5.10 Å². The quantitative estimate of drug-likeness (QED) is 0.792. The van der Waals surface area contributed by atoms with Crippen molar-refractivity contribution in [2.75, 3.05) is 13.2 Å². The van der Waals surface area contributed by atoms with E-state index in [1.807, 2.05) is 38.7 Å². The highest BCUT2D eigenvalue weighted by molar-refractivity contribution is 5.76. The van der Waals surface area contributed by atoms with E-state index in [9.17, 15) is 4.79 Å². The van der Waals surface area contributed by atoms with Gasteiger partial charge in [0.15, 0.2) is 0 Å². The van der Waals surface area contributed by atoms with Gasteiger partial charge >= 0.3 is 0 Å². The molecule has 0 bridgehead atoms. The number of carbonyl (C=O) groups is 1. The zero-order valence-corrected chi connectivity index (χ0v) is 11.5. The van der Waals surface area contributed by atoms with Gasteiger partial charge in [-0.05, 0) is 33.8 Å². The van der Waals surface area contributed by atoms with E-state index in [0.717, 1.165) is 11.4 Å². The Hall–Kier alpha value is -1.36. The second-order valence-corrected chi connectivity index (χ2v) is 5.12. The molecule has 1 aromatic rings. The van der Waals surface area contributed by atoms with Crippen LogP contribution in [0.5, 0.6) is 0 Å². The predicted molar refractivity (Wildman–Crippen MR) is 68.3 cm³/mol. The lowest BCUT2D eigenvalue weighted by molar-refractivity contribution is -0.144. The van der Waals surface area contributed by atoms with E-state index in [-0.39, 0.29) is 18.1 Å². The van der Waals surface area contributed by atoms with Crippen molar-refractivity contribution in [3.63, 3.8) is 0 Å². The summed E-state index contributed by atoms with van der Waals surface area (Å²) in [5.41, 5.74) is 1.97. The second kappa shape index (κ2) is 5.10. The van der Waals surface area contributed by atoms with Crippen LogP contribution in [0.3, 0.4) is 0 Å². The van der Waals surface area contributed by atoms with Crippen molar-refractivity contribution in [1.82, 2.24) is 14.7 Å². The summed E-state index contributed by atoms with van der Waals surface area (Å²) in [6.07, 6.45) is 0.116. The first-order valence-corrected chi connectivity index (χ1v) is 6.39. The molecule has 5 nitrogen and oxygen atoms in total. The average molecular weight is 251 g/mol. The summed E-state index contributed by atoms with van der Waals surface area (Å²) in [5.74, 6) is 0.115. The van der Waals surface area contributed by atoms with Gasteiger partial charge in [0, 0.05) is 12.2 Å². The SMILES string of the molecule is Cc1cc(C)n(CC(=O)N2C[C@@H](C)OC[C@@H]2C)n1. The van der Waals surface area contributed by atoms with Crippen LogP contribution in [-0.2, 0) is 16.1 Å². The number of hydrogen-bond acceptors (Lipinski definition) is 3. The third-order valence-electron chi connectivity index (χ3n) is 3.32. The fraction of sp³-hybridized carbons (Fsp3) is 0.692. The molecule has 1 fully saturated rings. The van der Waals surface area contributed by atoms with Gasteiger partial charge in [0.25, 0.3) is 0 Å². The van der Waals surface area contributed by atoms with Crippen LogP contribution < -0.4 is 0 Å². The van der Waals surface area contributed by atoms with Gasteiger partial charge < -0.3 is 9.64 Å². The molecule has 0 saturated carbocycles. The zero-order chi connectivity index (χ0) is 13.3. The molecule has 0 radical (unpaired) electrons. The monoisotopic (exact) mass is 251 g/mol. The molecule has 1 aliphatic rings. The Morgan fingerprint density at radius 1 is 1.50 bits per heavy atom. The van der Waals surface area contributed by atoms with E-state index < -0.39 is 0 Å². The molecule has 5 heteroatoms. The first-order valence-electron chi connectivity index (χ1n) is 6.39. The normalized spacial score (nSPS) is 24.3. The fourth-order valence-corrected chi connectivity index (χ4v) is 2.30. The lowest BCUT2D eigenvalue weighted by Crippen LogP contribution is -2.51. The van der Waals surface area contributed by atoms with Crippen LogP contribution in [0.1, 0.15) is 25.2 Å². The largest absolute Gasteiger partial charge is 0.375 e. The summed E-state index contributed by atoms with van der Waals surface area (Å²) in [7, 11) is 0. The van der Waals surface area contributed by atoms with E-state index >= 15 is 0 Å². The highest BCUT2D eigenvalue weighted by Crippen LogP contribution is 2.12. The second-order valence-electron chi connectivity index (χ2n) is 5.12. The number of hydrogen-bond donors (Lipinski definition) is 0. The third kappa shape index (κ3) is 2.72. The summed E-state index contributed by atoms with van der Waals surface area (Å²) in [6, 6.07) is 2.13. The maximum absolute atomic E-state index is 12.3. The van der Waals surface area contributed by atoms with Crippen LogP contribution in [0.4, 0.5) is 0 Å². The van der Waals surface area contributed by atoms with Gasteiger partial charge in [0.1, 0.15) is 6.54 Å². The molecule has 2 heterocycles. The van der Waals surface area contributed by atoms with Crippen LogP contribution in [-0.4, -0.2) is 45.9 Å². The van der Waals surface area contributed by atoms with Crippen molar-refractivity contribution < 1.29 is 9.53 Å². The summed E-state index contributed by atoms with van der Waals surface area (Å²) >= 11 is 0. The summed E-state index contributed by atoms with van der Waals surface area (Å²) in [4.78, 5) is 14.2. The number of rotatable bonds is 2. The molecular formula is C13H21N3O2. The first kappa shape index (κ1) is 13.1. The Morgan fingerprint density at radius 3 is 2.83 bits per heavy atom. The van der Waals surface area contributed by atoms with E-state index in [4.69, 9.17) is 4.74 Å². The van der Waals surface area contributed by atoms with Crippen molar-refractivity contribution >= 4 is 5.91 Å². The first-order chi connectivity index (χ1) is 8.47. The lowest BCUT2D eigenvalue weighted by atomic mass is 10.2. The highest BCUT2D eigenvalue weighted by atomic mass is 16.5. The van der Waals surface area contributed by atoms with Crippen LogP contribution in [0.25, 0.3) is 0 Å². The lowest BCUT2D eigenvalue weighted by Gasteiger charge is -2.36. The highest BCUT2D eigenvalue weighted by Gasteiger charge is 2.27. The molecule has 18 heavy (non-hydrogen) atoms. The standard InChI is InChI=1S/C13H21N3O2/c1-9-5-10(2)16(14-9)7-13(17)15-6-12(4)18-8-11(15)3/h5,11-12H,6-8H2,1-4H3/t11-,12+/m0/s1. The molecule has 1 amide bonds. The number of amides is 1. The number of ether oxygens (including phenoxy) is 1. The Labute approximate surface area is 108 Å². The van der Waals surface area contributed by atoms with Gasteiger partial charge in [-0.25, -0.2) is 0 Å². The minimum Gasteiger partial charge on any atom is -0.375 e. The molecule has 0 N–H and O–H groups in total. The van der Waals surface area contributed by atoms with E-state index in [1.165, 1.54) is 0 Å². The van der Waals surface area contributed by atoms with Crippen molar-refractivity contribution in [2.24, 2.45) is 0 Å². The van der Waals surface area contributed by atoms with Gasteiger partial charge in [-0.3, -0.25) is 9.48 Å². The predicted octanol–water partition coefficient (Wildman–Crippen LogP) is 1.14. The van der Waals surface area contributed by atoms with Crippen LogP contribution in [0, 0.1) is 13.8 Å². The zero-order valence-electron chi connectivity index (χ0n) is 11.5. The number of aromatic nitrogens is 2. The molecule has 1 aliphatic heterocycles. The van der Waals surface area contributed by atoms with Crippen molar-refractivity contribution in [2.45, 2.75) is 46.4 Å². The van der Waals surface area contributed by atoms with E-state index in [0.29, 0.717) is 19.7 Å². The summed E-state index contributed by atoms with van der Waals surface area (Å²) in [5, 5.41) is 4.33. The Balaban J connectivity index is 2.05. The van der Waals surface area contributed by atoms with Crippen molar-refractivity contribution in [1.29, 1.82) is 0 Å². The molecular weight excluding hydrogens is 230 g/mol. The van der Waals surface area contributed by atoms with Gasteiger partial charge in [0.05, 0.1) is 24.4 Å². The number of nitrogens with zero attached hydrogens (tertiary/aromatic N) is 3. The number of aryl methyl sites for hydroxylation is 2. The maximum atomic E-state index is 12.3. The van der Waals surface area contributed by atoms with Gasteiger partial charge in [-0.1, -0.05) is 0 Å². The van der Waals surface area contributed by atoms with Crippen molar-refractivity contribution in [3.05, 3.63) is 17.5 Å². The van der Waals surface area contributed by atoms with Crippen molar-refractivity contribution in [3.8, 4) is 0 Å². The average Bonchev–Trinajstić information content (AvgIpc) is 2.61. The Kier molecular flexibility index (Phi) is 3.71. The Bertz CT molecular complexity index is 441. The summed E-state index contributed by atoms with van der Waals surface area (Å²) in [6.45, 7) is 9.52. The molecule has 1 saturated heterocycles. The molecule has 0 spiro atoms. The summed E-state index contributed by atoms with van der Waals surface area (Å²) < 4.78 is 7.30. The minimum absolute atomic E-state index is 0.115. The topological polar surface area (TPSA) is 47.4 Å². The number of carbonyl (C=O) groups excluding carboxylic acids is 1. The van der Waals surface area contributed by atoms with Crippen LogP contribution in [0.2, 0.25) is 0 Å². The molecule has 2 atom stereocenters. The minimum atomic E-state index is 0.115.